The van der Waals surface area contributed by atoms with E-state index >= 15 is 0 Å². The molecule has 7 nitrogen and oxygen atoms in total. The number of aryl methyl sites for hydroxylation is 2. The highest BCUT2D eigenvalue weighted by atomic mass is 35.5. The van der Waals surface area contributed by atoms with Crippen molar-refractivity contribution >= 4 is 34.3 Å². The second-order valence-corrected chi connectivity index (χ2v) is 10.7. The Morgan fingerprint density at radius 3 is 2.46 bits per heavy atom. The van der Waals surface area contributed by atoms with E-state index in [-0.39, 0.29) is 5.56 Å². The molecule has 1 aliphatic heterocycles. The van der Waals surface area contributed by atoms with Crippen LogP contribution in [0, 0.1) is 12.9 Å². The number of hydrogen-bond acceptors (Lipinski definition) is 6. The number of piperidine rings is 1. The topological polar surface area (TPSA) is 84.7 Å². The van der Waals surface area contributed by atoms with Crippen LogP contribution in [-0.4, -0.2) is 32.6 Å². The zero-order chi connectivity index (χ0) is 28.5. The Labute approximate surface area is 242 Å². The first kappa shape index (κ1) is 27.1. The molecule has 208 valence electrons. The summed E-state index contributed by atoms with van der Waals surface area (Å²) in [6.07, 6.45) is 4.02. The van der Waals surface area contributed by atoms with Crippen LogP contribution < -0.4 is 16.2 Å². The Bertz CT molecular complexity index is 1800. The predicted molar refractivity (Wildman–Crippen MR) is 162 cm³/mol. The molecule has 0 radical (unpaired) electrons. The first-order valence-corrected chi connectivity index (χ1v) is 14.2. The van der Waals surface area contributed by atoms with Crippen LogP contribution in [0.3, 0.4) is 0 Å². The number of rotatable bonds is 6. The van der Waals surface area contributed by atoms with E-state index in [2.05, 4.69) is 44.9 Å². The van der Waals surface area contributed by atoms with Crippen molar-refractivity contribution in [3.63, 3.8) is 0 Å². The molecule has 2 N–H and O–H groups in total. The van der Waals surface area contributed by atoms with E-state index in [0.29, 0.717) is 45.9 Å². The number of pyridine rings is 2. The maximum Gasteiger partial charge on any atom is 0.260 e. The third-order valence-electron chi connectivity index (χ3n) is 7.74. The van der Waals surface area contributed by atoms with Gasteiger partial charge in [-0.05, 0) is 93.2 Å². The highest BCUT2D eigenvalue weighted by Crippen LogP contribution is 2.33. The number of anilines is 2. The van der Waals surface area contributed by atoms with Gasteiger partial charge in [0.2, 0.25) is 11.9 Å². The fraction of sp³-hybridized carbons (Fsp3) is 0.250. The molecule has 0 atom stereocenters. The summed E-state index contributed by atoms with van der Waals surface area (Å²) in [6.45, 7) is 6.20. The molecule has 0 unspecified atom stereocenters. The minimum Gasteiger partial charge on any atom is -0.324 e. The van der Waals surface area contributed by atoms with Crippen LogP contribution in [0.2, 0.25) is 5.02 Å². The molecule has 0 saturated carbocycles. The first-order valence-electron chi connectivity index (χ1n) is 13.8. The van der Waals surface area contributed by atoms with Crippen molar-refractivity contribution in [1.29, 1.82) is 0 Å². The van der Waals surface area contributed by atoms with Crippen LogP contribution in [0.25, 0.3) is 33.3 Å². The van der Waals surface area contributed by atoms with Crippen molar-refractivity contribution in [2.75, 3.05) is 18.4 Å². The van der Waals surface area contributed by atoms with Crippen molar-refractivity contribution in [3.8, 4) is 22.3 Å². The van der Waals surface area contributed by atoms with E-state index < -0.39 is 5.95 Å². The number of nitrogens with zero attached hydrogens (tertiary/aromatic N) is 4. The second-order valence-electron chi connectivity index (χ2n) is 10.3. The third kappa shape index (κ3) is 5.45. The van der Waals surface area contributed by atoms with E-state index in [1.807, 2.05) is 19.1 Å². The molecule has 0 aliphatic carbocycles. The monoisotopic (exact) mass is 568 g/mol. The van der Waals surface area contributed by atoms with Crippen molar-refractivity contribution in [3.05, 3.63) is 99.4 Å². The lowest BCUT2D eigenvalue weighted by Crippen LogP contribution is -2.26. The molecule has 1 fully saturated rings. The summed E-state index contributed by atoms with van der Waals surface area (Å²) in [7, 11) is 0. The van der Waals surface area contributed by atoms with Crippen LogP contribution in [0.4, 0.5) is 16.0 Å². The van der Waals surface area contributed by atoms with Crippen molar-refractivity contribution in [2.45, 2.75) is 39.2 Å². The van der Waals surface area contributed by atoms with Gasteiger partial charge in [-0.2, -0.15) is 9.37 Å². The standard InChI is InChI=1S/C32H30ClFN6O/c1-3-40-30-23(18-36-32(39-30)38-24-7-4-20(5-8-24)21-12-14-35-15-13-21)16-27(31(40)41)26-9-6-22(17-28(26)33)25-10-11-29(34)37-19(25)2/h4-11,16-18,21,35H,3,12-15H2,1-2H3,(H,36,38,39). The number of halogens is 2. The van der Waals surface area contributed by atoms with Crippen LogP contribution in [0.5, 0.6) is 0 Å². The van der Waals surface area contributed by atoms with E-state index in [4.69, 9.17) is 16.6 Å². The predicted octanol–water partition coefficient (Wildman–Crippen LogP) is 6.85. The minimum absolute atomic E-state index is 0.190. The molecule has 3 aromatic heterocycles. The molecule has 1 aliphatic rings. The fourth-order valence-electron chi connectivity index (χ4n) is 5.57. The smallest absolute Gasteiger partial charge is 0.260 e. The number of benzene rings is 2. The highest BCUT2D eigenvalue weighted by molar-refractivity contribution is 6.33. The van der Waals surface area contributed by atoms with Gasteiger partial charge in [-0.3, -0.25) is 9.36 Å². The molecule has 1 saturated heterocycles. The van der Waals surface area contributed by atoms with Crippen LogP contribution in [-0.2, 0) is 6.54 Å². The molecule has 0 amide bonds. The lowest BCUT2D eigenvalue weighted by atomic mass is 9.90. The normalized spacial score (nSPS) is 14.0. The molecule has 0 bridgehead atoms. The molecule has 5 aromatic rings. The lowest BCUT2D eigenvalue weighted by Gasteiger charge is -2.23. The number of nitrogens with one attached hydrogen (secondary N) is 2. The first-order chi connectivity index (χ1) is 19.9. The van der Waals surface area contributed by atoms with Crippen molar-refractivity contribution in [2.24, 2.45) is 0 Å². The van der Waals surface area contributed by atoms with Gasteiger partial charge in [0, 0.05) is 51.2 Å². The van der Waals surface area contributed by atoms with E-state index in [1.54, 1.807) is 35.9 Å². The minimum atomic E-state index is -0.531. The Balaban J connectivity index is 1.31. The Morgan fingerprint density at radius 2 is 1.76 bits per heavy atom. The highest BCUT2D eigenvalue weighted by Gasteiger charge is 2.17. The van der Waals surface area contributed by atoms with Crippen molar-refractivity contribution in [1.82, 2.24) is 24.8 Å². The summed E-state index contributed by atoms with van der Waals surface area (Å²) in [5.41, 5.74) is 5.79. The summed E-state index contributed by atoms with van der Waals surface area (Å²) in [5.74, 6) is 0.479. The van der Waals surface area contributed by atoms with E-state index in [0.717, 1.165) is 48.1 Å². The van der Waals surface area contributed by atoms with Gasteiger partial charge in [-0.25, -0.2) is 9.97 Å². The van der Waals surface area contributed by atoms with Crippen LogP contribution in [0.1, 0.15) is 36.9 Å². The zero-order valence-corrected chi connectivity index (χ0v) is 23.7. The average Bonchev–Trinajstić information content (AvgIpc) is 2.98. The Hall–Kier alpha value is -4.14. The quantitative estimate of drug-likeness (QED) is 0.218. The van der Waals surface area contributed by atoms with Gasteiger partial charge in [-0.15, -0.1) is 0 Å². The lowest BCUT2D eigenvalue weighted by molar-refractivity contribution is 0.460. The van der Waals surface area contributed by atoms with Gasteiger partial charge in [0.25, 0.3) is 5.56 Å². The maximum absolute atomic E-state index is 13.6. The molecule has 6 rings (SSSR count). The van der Waals surface area contributed by atoms with E-state index in [1.165, 1.54) is 11.6 Å². The van der Waals surface area contributed by atoms with E-state index in [9.17, 15) is 9.18 Å². The number of hydrogen-bond donors (Lipinski definition) is 2. The van der Waals surface area contributed by atoms with Gasteiger partial charge in [0.15, 0.2) is 0 Å². The molecule has 2 aromatic carbocycles. The number of aromatic nitrogens is 4. The molecule has 41 heavy (non-hydrogen) atoms. The average molecular weight is 569 g/mol. The largest absolute Gasteiger partial charge is 0.324 e. The molecule has 9 heteroatoms. The maximum atomic E-state index is 13.6. The molecular weight excluding hydrogens is 539 g/mol. The van der Waals surface area contributed by atoms with Gasteiger partial charge in [-0.1, -0.05) is 35.9 Å². The van der Waals surface area contributed by atoms with Gasteiger partial charge < -0.3 is 10.6 Å². The SMILES string of the molecule is CCn1c(=O)c(-c2ccc(-c3ccc(F)nc3C)cc2Cl)cc2cnc(Nc3ccc(C4CCNCC4)cc3)nc21. The summed E-state index contributed by atoms with van der Waals surface area (Å²) in [4.78, 5) is 26.8. The summed E-state index contributed by atoms with van der Waals surface area (Å²) < 4.78 is 15.1. The van der Waals surface area contributed by atoms with Crippen molar-refractivity contribution < 1.29 is 4.39 Å². The zero-order valence-electron chi connectivity index (χ0n) is 22.9. The summed E-state index contributed by atoms with van der Waals surface area (Å²) >= 11 is 6.71. The molecule has 0 spiro atoms. The third-order valence-corrected chi connectivity index (χ3v) is 8.06. The van der Waals surface area contributed by atoms with Crippen LogP contribution in [0.15, 0.2) is 71.7 Å². The Morgan fingerprint density at radius 1 is 1.00 bits per heavy atom. The summed E-state index contributed by atoms with van der Waals surface area (Å²) in [5, 5.41) is 7.84. The Kier molecular flexibility index (Phi) is 7.51. The van der Waals surface area contributed by atoms with Crippen LogP contribution >= 0.6 is 11.6 Å². The number of fused-ring (bicyclic) bond motifs is 1. The van der Waals surface area contributed by atoms with Gasteiger partial charge in [0.1, 0.15) is 5.65 Å². The second kappa shape index (κ2) is 11.4. The molecular formula is C32H30ClFN6O. The van der Waals surface area contributed by atoms with Gasteiger partial charge in [0.05, 0.1) is 0 Å². The summed E-state index contributed by atoms with van der Waals surface area (Å²) in [6, 6.07) is 18.7. The van der Waals surface area contributed by atoms with Gasteiger partial charge >= 0.3 is 0 Å². The molecule has 4 heterocycles. The fourth-order valence-corrected chi connectivity index (χ4v) is 5.85.